The number of hydrogen-bond donors (Lipinski definition) is 1. The van der Waals surface area contributed by atoms with Crippen molar-refractivity contribution in [3.8, 4) is 0 Å². The third kappa shape index (κ3) is 2.93. The molecule has 1 aromatic rings. The van der Waals surface area contributed by atoms with Crippen LogP contribution in [-0.4, -0.2) is 22.6 Å². The van der Waals surface area contributed by atoms with E-state index in [1.54, 1.807) is 19.1 Å². The first kappa shape index (κ1) is 14.8. The van der Waals surface area contributed by atoms with Gasteiger partial charge in [-0.05, 0) is 44.2 Å². The number of rotatable bonds is 3. The summed E-state index contributed by atoms with van der Waals surface area (Å²) in [7, 11) is 0. The molecule has 1 fully saturated rings. The zero-order chi connectivity index (χ0) is 14.9. The highest BCUT2D eigenvalue weighted by Gasteiger charge is 2.28. The predicted molar refractivity (Wildman–Crippen MR) is 78.9 cm³/mol. The molecule has 1 heterocycles. The van der Waals surface area contributed by atoms with E-state index in [4.69, 9.17) is 0 Å². The number of anilines is 1. The van der Waals surface area contributed by atoms with Crippen LogP contribution in [0.4, 0.5) is 11.4 Å². The van der Waals surface area contributed by atoms with E-state index < -0.39 is 6.10 Å². The van der Waals surface area contributed by atoms with E-state index in [1.165, 1.54) is 6.07 Å². The molecule has 2 rings (SSSR count). The van der Waals surface area contributed by atoms with Crippen molar-refractivity contribution in [2.45, 2.75) is 45.8 Å². The Labute approximate surface area is 119 Å². The van der Waals surface area contributed by atoms with Gasteiger partial charge in [0, 0.05) is 18.7 Å². The summed E-state index contributed by atoms with van der Waals surface area (Å²) in [6, 6.07) is 5.34. The van der Waals surface area contributed by atoms with E-state index in [1.807, 2.05) is 0 Å². The van der Waals surface area contributed by atoms with Crippen LogP contribution in [0.5, 0.6) is 0 Å². The number of nitro benzene ring substituents is 1. The second kappa shape index (κ2) is 5.79. The minimum absolute atomic E-state index is 0.0878. The first-order valence-corrected chi connectivity index (χ1v) is 7.13. The van der Waals surface area contributed by atoms with Crippen molar-refractivity contribution in [2.75, 3.05) is 11.4 Å². The van der Waals surface area contributed by atoms with E-state index in [9.17, 15) is 15.2 Å². The molecular weight excluding hydrogens is 256 g/mol. The fourth-order valence-corrected chi connectivity index (χ4v) is 2.95. The Hall–Kier alpha value is -1.62. The van der Waals surface area contributed by atoms with Crippen molar-refractivity contribution in [3.63, 3.8) is 0 Å². The zero-order valence-corrected chi connectivity index (χ0v) is 12.2. The maximum Gasteiger partial charge on any atom is 0.292 e. The Kier molecular flexibility index (Phi) is 4.28. The van der Waals surface area contributed by atoms with Crippen LogP contribution in [0.15, 0.2) is 18.2 Å². The smallest absolute Gasteiger partial charge is 0.292 e. The SMILES string of the molecule is CC1CCN(c2ccc([C@H](C)O)cc2[N+](=O)[O-])C(C)C1. The van der Waals surface area contributed by atoms with E-state index in [-0.39, 0.29) is 10.6 Å². The van der Waals surface area contributed by atoms with Crippen LogP contribution in [0.25, 0.3) is 0 Å². The molecule has 0 bridgehead atoms. The quantitative estimate of drug-likeness (QED) is 0.680. The van der Waals surface area contributed by atoms with Gasteiger partial charge in [0.2, 0.25) is 0 Å². The summed E-state index contributed by atoms with van der Waals surface area (Å²) >= 11 is 0. The zero-order valence-electron chi connectivity index (χ0n) is 12.2. The van der Waals surface area contributed by atoms with Gasteiger partial charge in [0.1, 0.15) is 5.69 Å². The molecule has 0 radical (unpaired) electrons. The maximum absolute atomic E-state index is 11.3. The van der Waals surface area contributed by atoms with Gasteiger partial charge in [-0.3, -0.25) is 10.1 Å². The summed E-state index contributed by atoms with van der Waals surface area (Å²) in [5, 5.41) is 20.9. The summed E-state index contributed by atoms with van der Waals surface area (Å²) in [5.74, 6) is 0.664. The molecule has 0 aromatic heterocycles. The summed E-state index contributed by atoms with van der Waals surface area (Å²) in [5.41, 5.74) is 1.34. The Morgan fingerprint density at radius 1 is 1.45 bits per heavy atom. The van der Waals surface area contributed by atoms with Crippen molar-refractivity contribution in [1.82, 2.24) is 0 Å². The lowest BCUT2D eigenvalue weighted by Gasteiger charge is -2.38. The molecule has 20 heavy (non-hydrogen) atoms. The van der Waals surface area contributed by atoms with E-state index in [0.29, 0.717) is 23.2 Å². The molecule has 5 heteroatoms. The summed E-state index contributed by atoms with van der Waals surface area (Å²) in [6.07, 6.45) is 1.41. The van der Waals surface area contributed by atoms with Gasteiger partial charge in [-0.15, -0.1) is 0 Å². The van der Waals surface area contributed by atoms with Gasteiger partial charge in [-0.25, -0.2) is 0 Å². The van der Waals surface area contributed by atoms with E-state index in [0.717, 1.165) is 19.4 Å². The first-order valence-electron chi connectivity index (χ1n) is 7.13. The van der Waals surface area contributed by atoms with Crippen molar-refractivity contribution in [2.24, 2.45) is 5.92 Å². The number of benzene rings is 1. The number of piperidine rings is 1. The molecule has 1 aliphatic heterocycles. The number of hydrogen-bond acceptors (Lipinski definition) is 4. The summed E-state index contributed by atoms with van der Waals surface area (Å²) in [4.78, 5) is 13.1. The molecule has 0 amide bonds. The molecule has 3 atom stereocenters. The van der Waals surface area contributed by atoms with Crippen LogP contribution >= 0.6 is 0 Å². The normalized spacial score (nSPS) is 24.5. The minimum Gasteiger partial charge on any atom is -0.389 e. The highest BCUT2D eigenvalue weighted by molar-refractivity contribution is 5.65. The first-order chi connectivity index (χ1) is 9.40. The average Bonchev–Trinajstić information content (AvgIpc) is 2.38. The standard InChI is InChI=1S/C15H22N2O3/c1-10-6-7-16(11(2)8-10)14-5-4-13(12(3)18)9-15(14)17(19)20/h4-5,9-12,18H,6-8H2,1-3H3/t10?,11?,12-/m0/s1. The van der Waals surface area contributed by atoms with Crippen LogP contribution in [0.3, 0.4) is 0 Å². The fraction of sp³-hybridized carbons (Fsp3) is 0.600. The molecule has 1 saturated heterocycles. The molecule has 1 aromatic carbocycles. The molecule has 0 aliphatic carbocycles. The molecule has 2 unspecified atom stereocenters. The van der Waals surface area contributed by atoms with Crippen LogP contribution in [0.1, 0.15) is 45.3 Å². The van der Waals surface area contributed by atoms with Gasteiger partial charge < -0.3 is 10.0 Å². The minimum atomic E-state index is -0.693. The van der Waals surface area contributed by atoms with Gasteiger partial charge >= 0.3 is 0 Å². The van der Waals surface area contributed by atoms with Crippen LogP contribution < -0.4 is 4.90 Å². The van der Waals surface area contributed by atoms with Crippen LogP contribution in [0.2, 0.25) is 0 Å². The van der Waals surface area contributed by atoms with Crippen LogP contribution in [-0.2, 0) is 0 Å². The number of nitro groups is 1. The van der Waals surface area contributed by atoms with Gasteiger partial charge in [0.25, 0.3) is 5.69 Å². The highest BCUT2D eigenvalue weighted by Crippen LogP contribution is 2.35. The third-order valence-corrected chi connectivity index (χ3v) is 4.13. The van der Waals surface area contributed by atoms with Gasteiger partial charge in [-0.1, -0.05) is 13.0 Å². The lowest BCUT2D eigenvalue weighted by molar-refractivity contribution is -0.384. The topological polar surface area (TPSA) is 66.6 Å². The van der Waals surface area contributed by atoms with E-state index in [2.05, 4.69) is 18.7 Å². The molecule has 110 valence electrons. The molecule has 5 nitrogen and oxygen atoms in total. The van der Waals surface area contributed by atoms with Crippen molar-refractivity contribution in [1.29, 1.82) is 0 Å². The molecule has 0 saturated carbocycles. The molecule has 1 aliphatic rings. The summed E-state index contributed by atoms with van der Waals surface area (Å²) < 4.78 is 0. The predicted octanol–water partition coefficient (Wildman–Crippen LogP) is 3.27. The monoisotopic (exact) mass is 278 g/mol. The average molecular weight is 278 g/mol. The van der Waals surface area contributed by atoms with Gasteiger partial charge in [0.15, 0.2) is 0 Å². The summed E-state index contributed by atoms with van der Waals surface area (Å²) in [6.45, 7) is 6.79. The fourth-order valence-electron chi connectivity index (χ4n) is 2.95. The number of aliphatic hydroxyl groups is 1. The molecule has 0 spiro atoms. The Morgan fingerprint density at radius 2 is 2.15 bits per heavy atom. The van der Waals surface area contributed by atoms with Crippen molar-refractivity contribution in [3.05, 3.63) is 33.9 Å². The highest BCUT2D eigenvalue weighted by atomic mass is 16.6. The Bertz CT molecular complexity index is 502. The molecular formula is C15H22N2O3. The Balaban J connectivity index is 2.38. The van der Waals surface area contributed by atoms with Gasteiger partial charge in [0.05, 0.1) is 11.0 Å². The Morgan fingerprint density at radius 3 is 2.70 bits per heavy atom. The lowest BCUT2D eigenvalue weighted by atomic mass is 9.92. The third-order valence-electron chi connectivity index (χ3n) is 4.13. The van der Waals surface area contributed by atoms with E-state index >= 15 is 0 Å². The van der Waals surface area contributed by atoms with Crippen molar-refractivity contribution < 1.29 is 10.0 Å². The second-order valence-corrected chi connectivity index (χ2v) is 5.85. The van der Waals surface area contributed by atoms with Gasteiger partial charge in [-0.2, -0.15) is 0 Å². The number of nitrogens with zero attached hydrogens (tertiary/aromatic N) is 2. The number of aliphatic hydroxyl groups excluding tert-OH is 1. The maximum atomic E-state index is 11.3. The lowest BCUT2D eigenvalue weighted by Crippen LogP contribution is -2.40. The molecule has 1 N–H and O–H groups in total. The second-order valence-electron chi connectivity index (χ2n) is 5.85. The van der Waals surface area contributed by atoms with Crippen LogP contribution in [0, 0.1) is 16.0 Å². The van der Waals surface area contributed by atoms with Crippen molar-refractivity contribution >= 4 is 11.4 Å². The largest absolute Gasteiger partial charge is 0.389 e.